The first-order valence-electron chi connectivity index (χ1n) is 7.40. The highest BCUT2D eigenvalue weighted by molar-refractivity contribution is 5.91. The zero-order chi connectivity index (χ0) is 16.2. The van der Waals surface area contributed by atoms with Gasteiger partial charge in [0.15, 0.2) is 5.82 Å². The molecule has 0 bridgehead atoms. The van der Waals surface area contributed by atoms with Crippen LogP contribution in [0.3, 0.4) is 0 Å². The highest BCUT2D eigenvalue weighted by Gasteiger charge is 2.25. The Hall–Kier alpha value is -2.71. The summed E-state index contributed by atoms with van der Waals surface area (Å²) in [6.07, 6.45) is 3.01. The molecule has 0 unspecified atom stereocenters. The summed E-state index contributed by atoms with van der Waals surface area (Å²) in [5.41, 5.74) is 0. The van der Waals surface area contributed by atoms with Crippen molar-refractivity contribution in [1.29, 1.82) is 0 Å². The number of hydrogen-bond acceptors (Lipinski definition) is 7. The van der Waals surface area contributed by atoms with Crippen LogP contribution in [0.5, 0.6) is 0 Å². The van der Waals surface area contributed by atoms with Crippen molar-refractivity contribution in [2.75, 3.05) is 13.1 Å². The van der Waals surface area contributed by atoms with Gasteiger partial charge in [0.2, 0.25) is 17.6 Å². The Balaban J connectivity index is 1.52. The van der Waals surface area contributed by atoms with E-state index >= 15 is 0 Å². The summed E-state index contributed by atoms with van der Waals surface area (Å²) >= 11 is 0. The molecule has 3 rings (SSSR count). The number of carbonyl (C=O) groups is 2. The van der Waals surface area contributed by atoms with E-state index in [-0.39, 0.29) is 24.1 Å². The Labute approximate surface area is 132 Å². The Morgan fingerprint density at radius 1 is 1.35 bits per heavy atom. The lowest BCUT2D eigenvalue weighted by atomic mass is 9.96. The topological polar surface area (TPSA) is 114 Å². The van der Waals surface area contributed by atoms with Crippen molar-refractivity contribution in [3.8, 4) is 0 Å². The predicted octanol–water partition coefficient (Wildman–Crippen LogP) is 0.713. The summed E-state index contributed by atoms with van der Waals surface area (Å²) in [5.74, 6) is 0.956. The highest BCUT2D eigenvalue weighted by atomic mass is 16.5. The Kier molecular flexibility index (Phi) is 4.35. The normalized spacial score (nSPS) is 15.6. The van der Waals surface area contributed by atoms with Crippen LogP contribution in [0.25, 0.3) is 0 Å². The summed E-state index contributed by atoms with van der Waals surface area (Å²) in [4.78, 5) is 29.2. The molecule has 9 nitrogen and oxygen atoms in total. The third kappa shape index (κ3) is 3.55. The van der Waals surface area contributed by atoms with Crippen molar-refractivity contribution in [3.05, 3.63) is 29.7 Å². The lowest BCUT2D eigenvalue weighted by molar-refractivity contribution is -0.129. The van der Waals surface area contributed by atoms with Crippen LogP contribution in [0.4, 0.5) is 0 Å². The molecule has 1 fully saturated rings. The summed E-state index contributed by atoms with van der Waals surface area (Å²) in [6, 6.07) is 1.47. The van der Waals surface area contributed by atoms with Crippen LogP contribution in [0, 0.1) is 0 Å². The molecular weight excluding hydrogens is 302 g/mol. The van der Waals surface area contributed by atoms with E-state index in [1.54, 1.807) is 6.92 Å². The molecule has 1 aliphatic heterocycles. The average Bonchev–Trinajstić information content (AvgIpc) is 3.24. The van der Waals surface area contributed by atoms with Crippen LogP contribution in [-0.4, -0.2) is 45.1 Å². The first kappa shape index (κ1) is 15.2. The van der Waals surface area contributed by atoms with Gasteiger partial charge >= 0.3 is 0 Å². The highest BCUT2D eigenvalue weighted by Crippen LogP contribution is 2.25. The number of piperidine rings is 1. The van der Waals surface area contributed by atoms with Gasteiger partial charge in [-0.1, -0.05) is 10.3 Å². The Morgan fingerprint density at radius 2 is 2.13 bits per heavy atom. The SMILES string of the molecule is CC(=O)N1CCC(c2noc(CNC(=O)c3ccno3)n2)CC1. The van der Waals surface area contributed by atoms with E-state index in [1.807, 2.05) is 4.90 Å². The maximum Gasteiger partial charge on any atom is 0.290 e. The minimum absolute atomic E-state index is 0.0902. The molecule has 0 saturated carbocycles. The molecule has 0 aliphatic carbocycles. The van der Waals surface area contributed by atoms with E-state index in [0.717, 1.165) is 12.8 Å². The van der Waals surface area contributed by atoms with Crippen LogP contribution < -0.4 is 5.32 Å². The molecule has 2 amide bonds. The van der Waals surface area contributed by atoms with Gasteiger partial charge in [-0.25, -0.2) is 0 Å². The second-order valence-electron chi connectivity index (χ2n) is 5.39. The monoisotopic (exact) mass is 319 g/mol. The zero-order valence-electron chi connectivity index (χ0n) is 12.7. The molecular formula is C14H17N5O4. The molecule has 2 aromatic rings. The van der Waals surface area contributed by atoms with E-state index < -0.39 is 5.91 Å². The Bertz CT molecular complexity index is 673. The number of rotatable bonds is 4. The van der Waals surface area contributed by atoms with Crippen LogP contribution >= 0.6 is 0 Å². The maximum atomic E-state index is 11.7. The lowest BCUT2D eigenvalue weighted by Gasteiger charge is -2.29. The van der Waals surface area contributed by atoms with Crippen LogP contribution in [-0.2, 0) is 11.3 Å². The zero-order valence-corrected chi connectivity index (χ0v) is 12.7. The standard InChI is InChI=1S/C14H17N5O4/c1-9(20)19-6-3-10(4-7-19)13-17-12(23-18-13)8-15-14(21)11-2-5-16-22-11/h2,5,10H,3-4,6-8H2,1H3,(H,15,21). The molecule has 0 aromatic carbocycles. The summed E-state index contributed by atoms with van der Waals surface area (Å²) in [7, 11) is 0. The minimum atomic E-state index is -0.392. The molecule has 23 heavy (non-hydrogen) atoms. The maximum absolute atomic E-state index is 11.7. The average molecular weight is 319 g/mol. The van der Waals surface area contributed by atoms with Gasteiger partial charge in [0.25, 0.3) is 5.91 Å². The smallest absolute Gasteiger partial charge is 0.290 e. The summed E-state index contributed by atoms with van der Waals surface area (Å²) < 4.78 is 9.91. The lowest BCUT2D eigenvalue weighted by Crippen LogP contribution is -2.36. The van der Waals surface area contributed by atoms with Crippen LogP contribution in [0.1, 0.15) is 48.0 Å². The van der Waals surface area contributed by atoms with Gasteiger partial charge in [0, 0.05) is 32.0 Å². The molecule has 1 aliphatic rings. The largest absolute Gasteiger partial charge is 0.351 e. The predicted molar refractivity (Wildman–Crippen MR) is 76.2 cm³/mol. The van der Waals surface area contributed by atoms with Crippen LogP contribution in [0.2, 0.25) is 0 Å². The van der Waals surface area contributed by atoms with Gasteiger partial charge in [-0.3, -0.25) is 9.59 Å². The van der Waals surface area contributed by atoms with Crippen molar-refractivity contribution in [1.82, 2.24) is 25.5 Å². The third-order valence-corrected chi connectivity index (χ3v) is 3.85. The molecule has 0 radical (unpaired) electrons. The Morgan fingerprint density at radius 3 is 2.78 bits per heavy atom. The van der Waals surface area contributed by atoms with Gasteiger partial charge in [0.1, 0.15) is 0 Å². The number of nitrogens with zero attached hydrogens (tertiary/aromatic N) is 4. The van der Waals surface area contributed by atoms with Gasteiger partial charge in [-0.2, -0.15) is 4.98 Å². The van der Waals surface area contributed by atoms with E-state index in [4.69, 9.17) is 9.05 Å². The van der Waals surface area contributed by atoms with Crippen molar-refractivity contribution in [3.63, 3.8) is 0 Å². The van der Waals surface area contributed by atoms with Crippen molar-refractivity contribution < 1.29 is 18.6 Å². The number of hydrogen-bond donors (Lipinski definition) is 1. The number of carbonyl (C=O) groups excluding carboxylic acids is 2. The van der Waals surface area contributed by atoms with Gasteiger partial charge < -0.3 is 19.3 Å². The number of likely N-dealkylation sites (tertiary alicyclic amines) is 1. The van der Waals surface area contributed by atoms with Gasteiger partial charge in [-0.15, -0.1) is 0 Å². The molecule has 9 heteroatoms. The number of amides is 2. The molecule has 3 heterocycles. The summed E-state index contributed by atoms with van der Waals surface area (Å²) in [6.45, 7) is 3.10. The molecule has 0 atom stereocenters. The van der Waals surface area contributed by atoms with E-state index in [1.165, 1.54) is 12.3 Å². The fourth-order valence-corrected chi connectivity index (χ4v) is 2.53. The molecule has 0 spiro atoms. The van der Waals surface area contributed by atoms with E-state index in [2.05, 4.69) is 20.6 Å². The van der Waals surface area contributed by atoms with Crippen molar-refractivity contribution in [2.45, 2.75) is 32.2 Å². The van der Waals surface area contributed by atoms with Crippen molar-refractivity contribution >= 4 is 11.8 Å². The fourth-order valence-electron chi connectivity index (χ4n) is 2.53. The van der Waals surface area contributed by atoms with Crippen molar-refractivity contribution in [2.24, 2.45) is 0 Å². The molecule has 122 valence electrons. The van der Waals surface area contributed by atoms with E-state index in [9.17, 15) is 9.59 Å². The fraction of sp³-hybridized carbons (Fsp3) is 0.500. The molecule has 1 N–H and O–H groups in total. The van der Waals surface area contributed by atoms with E-state index in [0.29, 0.717) is 24.8 Å². The second-order valence-corrected chi connectivity index (χ2v) is 5.39. The molecule has 1 saturated heterocycles. The number of nitrogens with one attached hydrogen (secondary N) is 1. The summed E-state index contributed by atoms with van der Waals surface area (Å²) in [5, 5.41) is 10.1. The van der Waals surface area contributed by atoms with Gasteiger partial charge in [0.05, 0.1) is 12.7 Å². The molecule has 2 aromatic heterocycles. The first-order chi connectivity index (χ1) is 11.1. The second kappa shape index (κ2) is 6.59. The third-order valence-electron chi connectivity index (χ3n) is 3.85. The van der Waals surface area contributed by atoms with Gasteiger partial charge in [-0.05, 0) is 12.8 Å². The quantitative estimate of drug-likeness (QED) is 0.882. The number of aromatic nitrogens is 3. The minimum Gasteiger partial charge on any atom is -0.351 e. The van der Waals surface area contributed by atoms with Crippen LogP contribution in [0.15, 0.2) is 21.3 Å². The first-order valence-corrected chi connectivity index (χ1v) is 7.40.